The van der Waals surface area contributed by atoms with E-state index in [0.717, 1.165) is 6.61 Å². The summed E-state index contributed by atoms with van der Waals surface area (Å²) in [4.78, 5) is 0. The van der Waals surface area contributed by atoms with Crippen LogP contribution < -0.4 is 0 Å². The van der Waals surface area contributed by atoms with Gasteiger partial charge in [0.05, 0.1) is 0 Å². The van der Waals surface area contributed by atoms with Crippen LogP contribution in [0, 0.1) is 0 Å². The second-order valence-electron chi connectivity index (χ2n) is 0.780. The fourth-order valence-corrected chi connectivity index (χ4v) is 3.25. The first-order valence-electron chi connectivity index (χ1n) is 1.49. The molecule has 0 bridgehead atoms. The molecule has 1 heterocycles. The van der Waals surface area contributed by atoms with Crippen molar-refractivity contribution >= 4 is 23.2 Å². The van der Waals surface area contributed by atoms with Gasteiger partial charge in [0.25, 0.3) is 0 Å². The molecule has 3 heteroatoms. The molecule has 1 rings (SSSR count). The third kappa shape index (κ3) is 1.07. The molecule has 0 N–H and O–H groups in total. The summed E-state index contributed by atoms with van der Waals surface area (Å²) in [6, 6.07) is 0. The maximum atomic E-state index is 5.03. The third-order valence-corrected chi connectivity index (χ3v) is 4.21. The summed E-state index contributed by atoms with van der Waals surface area (Å²) >= 11 is 0.0556. The summed E-state index contributed by atoms with van der Waals surface area (Å²) in [6.45, 7) is 1.02. The zero-order valence-electron chi connectivity index (χ0n) is 2.73. The second kappa shape index (κ2) is 2.00. The molecule has 1 aliphatic rings. The van der Waals surface area contributed by atoms with Gasteiger partial charge < -0.3 is 0 Å². The first-order valence-corrected chi connectivity index (χ1v) is 5.90. The maximum absolute atomic E-state index is 5.03. The van der Waals surface area contributed by atoms with Crippen molar-refractivity contribution in [3.63, 3.8) is 0 Å². The molecule has 1 nitrogen and oxygen atoms in total. The van der Waals surface area contributed by atoms with Gasteiger partial charge in [-0.2, -0.15) is 0 Å². The molecular weight excluding hydrogens is 145 g/mol. The summed E-state index contributed by atoms with van der Waals surface area (Å²) in [7, 11) is 1.98. The molecule has 0 saturated heterocycles. The van der Waals surface area contributed by atoms with Gasteiger partial charge in [0.2, 0.25) is 0 Å². The van der Waals surface area contributed by atoms with Gasteiger partial charge in [-0.05, 0) is 0 Å². The number of hydrogen-bond acceptors (Lipinski definition) is 1. The molecule has 0 aromatic carbocycles. The predicted molar refractivity (Wildman–Crippen MR) is 24.2 cm³/mol. The van der Waals surface area contributed by atoms with E-state index in [2.05, 4.69) is 0 Å². The van der Waals surface area contributed by atoms with Gasteiger partial charge in [-0.15, -0.1) is 0 Å². The second-order valence-corrected chi connectivity index (χ2v) is 5.12. The average Bonchev–Trinajstić information content (AvgIpc) is 1.76. The van der Waals surface area contributed by atoms with Crippen molar-refractivity contribution in [1.82, 2.24) is 0 Å². The van der Waals surface area contributed by atoms with Crippen LogP contribution in [0.3, 0.4) is 0 Å². The number of rotatable bonds is 0. The van der Waals surface area contributed by atoms with E-state index in [-0.39, 0.29) is 13.9 Å². The quantitative estimate of drug-likeness (QED) is 0.449. The molecule has 0 amide bonds. The van der Waals surface area contributed by atoms with Crippen LogP contribution in [-0.2, 0) is 3.76 Å². The van der Waals surface area contributed by atoms with Gasteiger partial charge in [0.1, 0.15) is 0 Å². The minimum absolute atomic E-state index is 0.0556. The Balaban J connectivity index is 2.42. The molecule has 1 aliphatic heterocycles. The van der Waals surface area contributed by atoms with E-state index in [1.165, 1.54) is 5.75 Å². The first kappa shape index (κ1) is 3.90. The molecule has 0 atom stereocenters. The summed E-state index contributed by atoms with van der Waals surface area (Å²) < 4.78 is 5.03. The van der Waals surface area contributed by atoms with Gasteiger partial charge in [0.15, 0.2) is 0 Å². The van der Waals surface area contributed by atoms with E-state index in [1.54, 1.807) is 0 Å². The fourth-order valence-electron chi connectivity index (χ4n) is 0.208. The Hall–Kier alpha value is 0.723. The van der Waals surface area contributed by atoms with Crippen molar-refractivity contribution < 1.29 is 3.76 Å². The van der Waals surface area contributed by atoms with Crippen molar-refractivity contribution in [2.45, 2.75) is 0 Å². The zero-order valence-corrected chi connectivity index (χ0v) is 5.65. The van der Waals surface area contributed by atoms with Crippen LogP contribution in [0.4, 0.5) is 0 Å². The van der Waals surface area contributed by atoms with Gasteiger partial charge in [-0.1, -0.05) is 0 Å². The van der Waals surface area contributed by atoms with E-state index in [4.69, 9.17) is 3.76 Å². The van der Waals surface area contributed by atoms with E-state index in [9.17, 15) is 0 Å². The van der Waals surface area contributed by atoms with Crippen LogP contribution in [-0.4, -0.2) is 26.2 Å². The van der Waals surface area contributed by atoms with E-state index >= 15 is 0 Å². The van der Waals surface area contributed by atoms with Crippen LogP contribution in [0.5, 0.6) is 0 Å². The van der Waals surface area contributed by atoms with E-state index in [0.29, 0.717) is 0 Å². The number of hydrogen-bond donors (Lipinski definition) is 0. The van der Waals surface area contributed by atoms with Crippen molar-refractivity contribution in [3.05, 3.63) is 0 Å². The van der Waals surface area contributed by atoms with Gasteiger partial charge >= 0.3 is 39.4 Å². The summed E-state index contributed by atoms with van der Waals surface area (Å²) in [6.07, 6.45) is 0. The molecule has 0 aromatic heterocycles. The third-order valence-electron chi connectivity index (χ3n) is 0.405. The van der Waals surface area contributed by atoms with Crippen LogP contribution in [0.1, 0.15) is 0 Å². The van der Waals surface area contributed by atoms with Crippen molar-refractivity contribution in [1.29, 1.82) is 0 Å². The van der Waals surface area contributed by atoms with Crippen LogP contribution in [0.25, 0.3) is 0 Å². The van der Waals surface area contributed by atoms with E-state index in [1.807, 2.05) is 9.35 Å². The molecule has 0 fully saturated rings. The average molecular weight is 149 g/mol. The SMILES string of the molecule is C1C[S]#[Ge][O]1. The van der Waals surface area contributed by atoms with E-state index < -0.39 is 0 Å². The molecule has 0 spiro atoms. The summed E-state index contributed by atoms with van der Waals surface area (Å²) in [5, 5.41) is 0. The van der Waals surface area contributed by atoms with Crippen molar-refractivity contribution in [2.75, 3.05) is 12.4 Å². The first-order chi connectivity index (χ1) is 2.50. The summed E-state index contributed by atoms with van der Waals surface area (Å²) in [5.41, 5.74) is 0. The Morgan fingerprint density at radius 2 is 2.80 bits per heavy atom. The molecule has 0 radical (unpaired) electrons. The van der Waals surface area contributed by atoms with Crippen molar-refractivity contribution in [3.8, 4) is 0 Å². The van der Waals surface area contributed by atoms with Crippen LogP contribution >= 0.6 is 9.35 Å². The molecular formula is C2H4GeOS. The Labute approximate surface area is 39.8 Å². The Morgan fingerprint density at radius 1 is 1.80 bits per heavy atom. The zero-order chi connectivity index (χ0) is 3.54. The predicted octanol–water partition coefficient (Wildman–Crippen LogP) is 0.284. The Bertz CT molecular complexity index is 73.4. The molecule has 28 valence electrons. The van der Waals surface area contributed by atoms with Gasteiger partial charge in [-0.3, -0.25) is 0 Å². The molecule has 5 heavy (non-hydrogen) atoms. The van der Waals surface area contributed by atoms with Gasteiger partial charge in [-0.25, -0.2) is 0 Å². The molecule has 0 aromatic rings. The van der Waals surface area contributed by atoms with Crippen LogP contribution in [0.2, 0.25) is 0 Å². The summed E-state index contributed by atoms with van der Waals surface area (Å²) in [5.74, 6) is 1.25. The minimum atomic E-state index is 0.0556. The fraction of sp³-hybridized carbons (Fsp3) is 1.00. The standard InChI is InChI=1S/C2H4GeOS/c1-2-5-3-4-1/h1-2H2. The topological polar surface area (TPSA) is 9.23 Å². The monoisotopic (exact) mass is 150 g/mol. The van der Waals surface area contributed by atoms with Gasteiger partial charge in [0, 0.05) is 0 Å². The molecule has 0 aliphatic carbocycles. The normalized spacial score (nSPS) is 19.2. The van der Waals surface area contributed by atoms with Crippen LogP contribution in [0.15, 0.2) is 0 Å². The Kier molecular flexibility index (Phi) is 1.56. The molecule has 0 saturated carbocycles. The molecule has 0 unspecified atom stereocenters. The Morgan fingerprint density at radius 3 is 3.00 bits per heavy atom. The van der Waals surface area contributed by atoms with Crippen molar-refractivity contribution in [2.24, 2.45) is 0 Å².